The number of hydrogen-bond donors (Lipinski definition) is 1. The normalized spacial score (nSPS) is 27.5. The number of amides is 1. The zero-order valence-corrected chi connectivity index (χ0v) is 13.9. The van der Waals surface area contributed by atoms with Crippen molar-refractivity contribution in [3.8, 4) is 0 Å². The maximum absolute atomic E-state index is 12.5. The summed E-state index contributed by atoms with van der Waals surface area (Å²) in [6.07, 6.45) is 2.81. The SMILES string of the molecule is CC(C)[C@@H]1CN2C[C@@H](NC(=O)c3onc4ncccc34)C[C@H]2CO1. The van der Waals surface area contributed by atoms with Crippen LogP contribution in [0, 0.1) is 5.92 Å². The van der Waals surface area contributed by atoms with E-state index in [1.165, 1.54) is 0 Å². The van der Waals surface area contributed by atoms with E-state index < -0.39 is 0 Å². The van der Waals surface area contributed by atoms with Gasteiger partial charge in [0.2, 0.25) is 11.4 Å². The van der Waals surface area contributed by atoms with Gasteiger partial charge in [0.15, 0.2) is 0 Å². The van der Waals surface area contributed by atoms with E-state index in [2.05, 4.69) is 34.2 Å². The largest absolute Gasteiger partial charge is 0.375 e. The molecule has 2 saturated heterocycles. The van der Waals surface area contributed by atoms with Gasteiger partial charge >= 0.3 is 0 Å². The minimum absolute atomic E-state index is 0.105. The van der Waals surface area contributed by atoms with Gasteiger partial charge in [0.25, 0.3) is 5.91 Å². The lowest BCUT2D eigenvalue weighted by atomic mass is 10.0. The van der Waals surface area contributed by atoms with Crippen LogP contribution in [-0.4, -0.2) is 58.8 Å². The van der Waals surface area contributed by atoms with Crippen molar-refractivity contribution in [1.29, 1.82) is 0 Å². The van der Waals surface area contributed by atoms with Crippen LogP contribution in [0.25, 0.3) is 11.0 Å². The number of carbonyl (C=O) groups excluding carboxylic acids is 1. The first-order valence-electron chi connectivity index (χ1n) is 8.48. The van der Waals surface area contributed by atoms with Crippen LogP contribution in [0.15, 0.2) is 22.9 Å². The summed E-state index contributed by atoms with van der Waals surface area (Å²) < 4.78 is 11.1. The van der Waals surface area contributed by atoms with E-state index in [-0.39, 0.29) is 23.8 Å². The van der Waals surface area contributed by atoms with Crippen molar-refractivity contribution >= 4 is 16.9 Å². The predicted molar refractivity (Wildman–Crippen MR) is 87.6 cm³/mol. The van der Waals surface area contributed by atoms with Crippen molar-refractivity contribution in [2.45, 2.75) is 38.5 Å². The molecule has 4 rings (SSSR count). The van der Waals surface area contributed by atoms with Crippen molar-refractivity contribution in [3.63, 3.8) is 0 Å². The molecular weight excluding hydrogens is 308 g/mol. The summed E-state index contributed by atoms with van der Waals surface area (Å²) in [5.74, 6) is 0.517. The second kappa shape index (κ2) is 6.14. The first-order valence-corrected chi connectivity index (χ1v) is 8.48. The van der Waals surface area contributed by atoms with E-state index in [4.69, 9.17) is 9.26 Å². The molecule has 0 aliphatic carbocycles. The molecule has 7 heteroatoms. The van der Waals surface area contributed by atoms with E-state index in [0.717, 1.165) is 26.1 Å². The summed E-state index contributed by atoms with van der Waals surface area (Å²) in [6.45, 7) is 6.90. The number of nitrogens with one attached hydrogen (secondary N) is 1. The number of carbonyl (C=O) groups is 1. The zero-order chi connectivity index (χ0) is 16.7. The van der Waals surface area contributed by atoms with Gasteiger partial charge in [-0.1, -0.05) is 19.0 Å². The number of ether oxygens (including phenoxy) is 1. The molecule has 1 amide bonds. The van der Waals surface area contributed by atoms with Crippen molar-refractivity contribution in [2.75, 3.05) is 19.7 Å². The van der Waals surface area contributed by atoms with Gasteiger partial charge in [0, 0.05) is 31.4 Å². The van der Waals surface area contributed by atoms with Crippen LogP contribution in [-0.2, 0) is 4.74 Å². The Labute approximate surface area is 140 Å². The Bertz CT molecular complexity index is 744. The van der Waals surface area contributed by atoms with Crippen molar-refractivity contribution < 1.29 is 14.1 Å². The van der Waals surface area contributed by atoms with Gasteiger partial charge in [-0.05, 0) is 24.5 Å². The van der Waals surface area contributed by atoms with Crippen LogP contribution in [0.3, 0.4) is 0 Å². The third kappa shape index (κ3) is 2.78. The minimum Gasteiger partial charge on any atom is -0.375 e. The van der Waals surface area contributed by atoms with Gasteiger partial charge < -0.3 is 14.6 Å². The van der Waals surface area contributed by atoms with Gasteiger partial charge in [0.1, 0.15) is 0 Å². The minimum atomic E-state index is -0.225. The monoisotopic (exact) mass is 330 g/mol. The smallest absolute Gasteiger partial charge is 0.290 e. The Morgan fingerprint density at radius 1 is 1.42 bits per heavy atom. The molecule has 0 radical (unpaired) electrons. The molecule has 128 valence electrons. The van der Waals surface area contributed by atoms with E-state index in [1.54, 1.807) is 18.3 Å². The molecule has 2 aliphatic heterocycles. The second-order valence-electron chi connectivity index (χ2n) is 7.02. The molecule has 0 aromatic carbocycles. The quantitative estimate of drug-likeness (QED) is 0.917. The molecule has 7 nitrogen and oxygen atoms in total. The number of nitrogens with zero attached hydrogens (tertiary/aromatic N) is 3. The Morgan fingerprint density at radius 3 is 3.12 bits per heavy atom. The average Bonchev–Trinajstić information content (AvgIpc) is 3.17. The highest BCUT2D eigenvalue weighted by Crippen LogP contribution is 2.26. The first kappa shape index (κ1) is 15.5. The molecular formula is C17H22N4O3. The summed E-state index contributed by atoms with van der Waals surface area (Å²) in [5.41, 5.74) is 0.458. The molecule has 0 spiro atoms. The lowest BCUT2D eigenvalue weighted by Gasteiger charge is -2.36. The number of hydrogen-bond acceptors (Lipinski definition) is 6. The van der Waals surface area contributed by atoms with Crippen molar-refractivity contribution in [2.24, 2.45) is 5.92 Å². The lowest BCUT2D eigenvalue weighted by Crippen LogP contribution is -2.48. The molecule has 2 aliphatic rings. The highest BCUT2D eigenvalue weighted by molar-refractivity contribution is 6.02. The first-order chi connectivity index (χ1) is 11.6. The van der Waals surface area contributed by atoms with E-state index >= 15 is 0 Å². The summed E-state index contributed by atoms with van der Waals surface area (Å²) in [7, 11) is 0. The van der Waals surface area contributed by atoms with Crippen LogP contribution >= 0.6 is 0 Å². The van der Waals surface area contributed by atoms with Crippen LogP contribution < -0.4 is 5.32 Å². The maximum atomic E-state index is 12.5. The van der Waals surface area contributed by atoms with Gasteiger partial charge in [-0.3, -0.25) is 9.69 Å². The highest BCUT2D eigenvalue weighted by atomic mass is 16.5. The van der Waals surface area contributed by atoms with Crippen LogP contribution in [0.1, 0.15) is 30.8 Å². The van der Waals surface area contributed by atoms with Crippen LogP contribution in [0.2, 0.25) is 0 Å². The summed E-state index contributed by atoms with van der Waals surface area (Å²) in [4.78, 5) is 19.1. The number of pyridine rings is 1. The molecule has 0 bridgehead atoms. The molecule has 2 aromatic rings. The summed E-state index contributed by atoms with van der Waals surface area (Å²) in [5, 5.41) is 7.56. The fraction of sp³-hybridized carbons (Fsp3) is 0.588. The molecule has 0 saturated carbocycles. The van der Waals surface area contributed by atoms with Gasteiger partial charge in [-0.15, -0.1) is 0 Å². The fourth-order valence-electron chi connectivity index (χ4n) is 3.61. The van der Waals surface area contributed by atoms with Crippen LogP contribution in [0.4, 0.5) is 0 Å². The van der Waals surface area contributed by atoms with Gasteiger partial charge in [-0.25, -0.2) is 4.98 Å². The standard InChI is InChI=1S/C17H22N4O3/c1-10(2)14-8-21-7-11(6-12(21)9-23-14)19-17(22)15-13-4-3-5-18-16(13)20-24-15/h3-5,10-12,14H,6-9H2,1-2H3,(H,19,22)/t11-,12-,14-/m0/s1. The third-order valence-electron chi connectivity index (χ3n) is 4.98. The van der Waals surface area contributed by atoms with Crippen molar-refractivity contribution in [3.05, 3.63) is 24.1 Å². The Hall–Kier alpha value is -1.99. The van der Waals surface area contributed by atoms with E-state index in [9.17, 15) is 4.79 Å². The molecule has 2 aromatic heterocycles. The van der Waals surface area contributed by atoms with Crippen molar-refractivity contribution in [1.82, 2.24) is 20.4 Å². The molecule has 2 fully saturated rings. The van der Waals surface area contributed by atoms with Crippen LogP contribution in [0.5, 0.6) is 0 Å². The average molecular weight is 330 g/mol. The molecule has 1 N–H and O–H groups in total. The zero-order valence-electron chi connectivity index (χ0n) is 13.9. The molecule has 24 heavy (non-hydrogen) atoms. The van der Waals surface area contributed by atoms with Gasteiger partial charge in [-0.2, -0.15) is 0 Å². The number of fused-ring (bicyclic) bond motifs is 2. The van der Waals surface area contributed by atoms with E-state index in [0.29, 0.717) is 23.0 Å². The maximum Gasteiger partial charge on any atom is 0.290 e. The lowest BCUT2D eigenvalue weighted by molar-refractivity contribution is -0.0683. The summed E-state index contributed by atoms with van der Waals surface area (Å²) >= 11 is 0. The Balaban J connectivity index is 1.42. The summed E-state index contributed by atoms with van der Waals surface area (Å²) in [6, 6.07) is 4.06. The molecule has 4 heterocycles. The Morgan fingerprint density at radius 2 is 2.29 bits per heavy atom. The number of morpholine rings is 1. The number of aromatic nitrogens is 2. The Kier molecular flexibility index (Phi) is 3.97. The predicted octanol–water partition coefficient (Wildman–Crippen LogP) is 1.45. The van der Waals surface area contributed by atoms with Gasteiger partial charge in [0.05, 0.1) is 18.1 Å². The molecule has 0 unspecified atom stereocenters. The van der Waals surface area contributed by atoms with E-state index in [1.807, 2.05) is 0 Å². The molecule has 3 atom stereocenters. The number of rotatable bonds is 3. The fourth-order valence-corrected chi connectivity index (χ4v) is 3.61. The second-order valence-corrected chi connectivity index (χ2v) is 7.02. The highest BCUT2D eigenvalue weighted by Gasteiger charge is 2.39. The topological polar surface area (TPSA) is 80.5 Å². The third-order valence-corrected chi connectivity index (χ3v) is 4.98.